The van der Waals surface area contributed by atoms with Crippen LogP contribution in [-0.2, 0) is 11.3 Å². The van der Waals surface area contributed by atoms with Crippen LogP contribution in [0, 0.1) is 0 Å². The van der Waals surface area contributed by atoms with Crippen LogP contribution in [0.15, 0.2) is 30.3 Å². The largest absolute Gasteiger partial charge is 0.480 e. The quantitative estimate of drug-likeness (QED) is 0.847. The topological polar surface area (TPSA) is 43.8 Å². The lowest BCUT2D eigenvalue weighted by Gasteiger charge is -2.26. The van der Waals surface area contributed by atoms with Crippen LogP contribution < -0.4 is 0 Å². The van der Waals surface area contributed by atoms with E-state index in [2.05, 4.69) is 34.1 Å². The van der Waals surface area contributed by atoms with Gasteiger partial charge in [0.05, 0.1) is 6.54 Å². The molecule has 0 radical (unpaired) electrons. The molecule has 1 fully saturated rings. The van der Waals surface area contributed by atoms with Crippen LogP contribution in [0.1, 0.15) is 18.9 Å². The fourth-order valence-electron chi connectivity index (χ4n) is 2.77. The van der Waals surface area contributed by atoms with Crippen molar-refractivity contribution in [2.45, 2.75) is 25.9 Å². The molecule has 19 heavy (non-hydrogen) atoms. The van der Waals surface area contributed by atoms with Crippen molar-refractivity contribution in [1.29, 1.82) is 0 Å². The number of hydrogen-bond acceptors (Lipinski definition) is 3. The SMILES string of the molecule is CCN(CC(=O)O)[C@@H]1CCN(Cc2ccccc2)C1. The lowest BCUT2D eigenvalue weighted by Crippen LogP contribution is -2.40. The molecule has 1 aliphatic heterocycles. The van der Waals surface area contributed by atoms with Gasteiger partial charge in [-0.2, -0.15) is 0 Å². The average molecular weight is 262 g/mol. The predicted molar refractivity (Wildman–Crippen MR) is 75.0 cm³/mol. The number of benzene rings is 1. The molecule has 1 aliphatic rings. The first-order valence-electron chi connectivity index (χ1n) is 6.91. The van der Waals surface area contributed by atoms with Gasteiger partial charge >= 0.3 is 5.97 Å². The van der Waals surface area contributed by atoms with Crippen LogP contribution in [0.25, 0.3) is 0 Å². The van der Waals surface area contributed by atoms with Gasteiger partial charge in [0, 0.05) is 25.7 Å². The van der Waals surface area contributed by atoms with Crippen molar-refractivity contribution in [2.75, 3.05) is 26.2 Å². The summed E-state index contributed by atoms with van der Waals surface area (Å²) >= 11 is 0. The van der Waals surface area contributed by atoms with E-state index in [-0.39, 0.29) is 6.54 Å². The van der Waals surface area contributed by atoms with E-state index >= 15 is 0 Å². The van der Waals surface area contributed by atoms with Crippen molar-refractivity contribution in [3.8, 4) is 0 Å². The average Bonchev–Trinajstić information content (AvgIpc) is 2.85. The summed E-state index contributed by atoms with van der Waals surface area (Å²) in [5.74, 6) is -0.733. The van der Waals surface area contributed by atoms with Gasteiger partial charge in [-0.1, -0.05) is 37.3 Å². The second kappa shape index (κ2) is 6.68. The Labute approximate surface area is 114 Å². The first-order chi connectivity index (χ1) is 9.19. The number of hydrogen-bond donors (Lipinski definition) is 1. The number of likely N-dealkylation sites (N-methyl/N-ethyl adjacent to an activating group) is 1. The first-order valence-corrected chi connectivity index (χ1v) is 6.91. The van der Waals surface area contributed by atoms with Crippen molar-refractivity contribution in [3.63, 3.8) is 0 Å². The smallest absolute Gasteiger partial charge is 0.317 e. The van der Waals surface area contributed by atoms with Gasteiger partial charge in [-0.3, -0.25) is 14.6 Å². The van der Waals surface area contributed by atoms with Crippen molar-refractivity contribution in [2.24, 2.45) is 0 Å². The minimum absolute atomic E-state index is 0.153. The molecule has 4 nitrogen and oxygen atoms in total. The predicted octanol–water partition coefficient (Wildman–Crippen LogP) is 1.67. The zero-order valence-corrected chi connectivity index (χ0v) is 11.5. The summed E-state index contributed by atoms with van der Waals surface area (Å²) < 4.78 is 0. The lowest BCUT2D eigenvalue weighted by molar-refractivity contribution is -0.138. The maximum absolute atomic E-state index is 10.8. The molecule has 1 N–H and O–H groups in total. The van der Waals surface area contributed by atoms with Crippen molar-refractivity contribution >= 4 is 5.97 Å². The number of likely N-dealkylation sites (tertiary alicyclic amines) is 1. The fraction of sp³-hybridized carbons (Fsp3) is 0.533. The van der Waals surface area contributed by atoms with E-state index in [0.29, 0.717) is 6.04 Å². The van der Waals surface area contributed by atoms with Gasteiger partial charge in [0.15, 0.2) is 0 Å². The summed E-state index contributed by atoms with van der Waals surface area (Å²) in [6.45, 7) is 5.97. The summed E-state index contributed by atoms with van der Waals surface area (Å²) in [6, 6.07) is 10.8. The maximum atomic E-state index is 10.8. The van der Waals surface area contributed by atoms with Crippen molar-refractivity contribution in [1.82, 2.24) is 9.80 Å². The molecule has 1 saturated heterocycles. The Hall–Kier alpha value is -1.39. The maximum Gasteiger partial charge on any atom is 0.317 e. The van der Waals surface area contributed by atoms with Crippen LogP contribution in [0.5, 0.6) is 0 Å². The van der Waals surface area contributed by atoms with Crippen LogP contribution in [0.2, 0.25) is 0 Å². The van der Waals surface area contributed by atoms with E-state index in [1.165, 1.54) is 5.56 Å². The van der Waals surface area contributed by atoms with Crippen LogP contribution in [0.4, 0.5) is 0 Å². The number of carbonyl (C=O) groups is 1. The van der Waals surface area contributed by atoms with E-state index in [4.69, 9.17) is 5.11 Å². The third-order valence-electron chi connectivity index (χ3n) is 3.76. The number of aliphatic carboxylic acids is 1. The third kappa shape index (κ3) is 4.04. The Kier molecular flexibility index (Phi) is 4.93. The van der Waals surface area contributed by atoms with E-state index < -0.39 is 5.97 Å². The molecule has 104 valence electrons. The molecule has 0 aromatic heterocycles. The number of nitrogens with zero attached hydrogens (tertiary/aromatic N) is 2. The van der Waals surface area contributed by atoms with Gasteiger partial charge in [0.2, 0.25) is 0 Å². The Bertz CT molecular complexity index is 408. The van der Waals surface area contributed by atoms with Gasteiger partial charge in [-0.15, -0.1) is 0 Å². The Morgan fingerprint density at radius 3 is 2.79 bits per heavy atom. The molecular weight excluding hydrogens is 240 g/mol. The molecular formula is C15H22N2O2. The molecule has 0 bridgehead atoms. The lowest BCUT2D eigenvalue weighted by atomic mass is 10.2. The van der Waals surface area contributed by atoms with Gasteiger partial charge in [-0.25, -0.2) is 0 Å². The zero-order chi connectivity index (χ0) is 13.7. The minimum Gasteiger partial charge on any atom is -0.480 e. The highest BCUT2D eigenvalue weighted by Crippen LogP contribution is 2.17. The van der Waals surface area contributed by atoms with Gasteiger partial charge < -0.3 is 5.11 Å². The molecule has 0 spiro atoms. The number of carboxylic acids is 1. The van der Waals surface area contributed by atoms with E-state index in [1.54, 1.807) is 0 Å². The van der Waals surface area contributed by atoms with Crippen molar-refractivity contribution < 1.29 is 9.90 Å². The molecule has 1 atom stereocenters. The number of rotatable bonds is 6. The van der Waals surface area contributed by atoms with E-state index in [9.17, 15) is 4.79 Å². The van der Waals surface area contributed by atoms with Crippen LogP contribution >= 0.6 is 0 Å². The summed E-state index contributed by atoms with van der Waals surface area (Å²) in [6.07, 6.45) is 1.06. The summed E-state index contributed by atoms with van der Waals surface area (Å²) in [7, 11) is 0. The summed E-state index contributed by atoms with van der Waals surface area (Å²) in [5.41, 5.74) is 1.32. The Morgan fingerprint density at radius 1 is 1.42 bits per heavy atom. The molecule has 1 aromatic rings. The van der Waals surface area contributed by atoms with Crippen LogP contribution in [0.3, 0.4) is 0 Å². The monoisotopic (exact) mass is 262 g/mol. The third-order valence-corrected chi connectivity index (χ3v) is 3.76. The van der Waals surface area contributed by atoms with Gasteiger partial charge in [0.1, 0.15) is 0 Å². The highest BCUT2D eigenvalue weighted by molar-refractivity contribution is 5.69. The highest BCUT2D eigenvalue weighted by atomic mass is 16.4. The Balaban J connectivity index is 1.87. The number of carboxylic acid groups (broad SMARTS) is 1. The zero-order valence-electron chi connectivity index (χ0n) is 11.5. The van der Waals surface area contributed by atoms with Gasteiger partial charge in [0.25, 0.3) is 0 Å². The van der Waals surface area contributed by atoms with Gasteiger partial charge in [-0.05, 0) is 18.5 Å². The summed E-state index contributed by atoms with van der Waals surface area (Å²) in [5, 5.41) is 8.92. The fourth-order valence-corrected chi connectivity index (χ4v) is 2.77. The molecule has 4 heteroatoms. The molecule has 0 saturated carbocycles. The molecule has 0 amide bonds. The molecule has 1 aromatic carbocycles. The molecule has 2 rings (SSSR count). The summed E-state index contributed by atoms with van der Waals surface area (Å²) in [4.78, 5) is 15.3. The minimum atomic E-state index is -0.733. The standard InChI is InChI=1S/C15H22N2O2/c1-2-17(12-15(18)19)14-8-9-16(11-14)10-13-6-4-3-5-7-13/h3-7,14H,2,8-12H2,1H3,(H,18,19)/t14-/m1/s1. The molecule has 0 aliphatic carbocycles. The first kappa shape index (κ1) is 14.0. The molecule has 1 heterocycles. The Morgan fingerprint density at radius 2 is 2.16 bits per heavy atom. The normalized spacial score (nSPS) is 20.0. The van der Waals surface area contributed by atoms with Crippen LogP contribution in [-0.4, -0.2) is 53.1 Å². The van der Waals surface area contributed by atoms with Crippen molar-refractivity contribution in [3.05, 3.63) is 35.9 Å². The van der Waals surface area contributed by atoms with E-state index in [0.717, 1.165) is 32.6 Å². The van der Waals surface area contributed by atoms with E-state index in [1.807, 2.05) is 13.0 Å². The second-order valence-corrected chi connectivity index (χ2v) is 5.12. The highest BCUT2D eigenvalue weighted by Gasteiger charge is 2.27. The second-order valence-electron chi connectivity index (χ2n) is 5.12. The molecule has 0 unspecified atom stereocenters.